The van der Waals surface area contributed by atoms with Crippen LogP contribution < -0.4 is 10.5 Å². The summed E-state index contributed by atoms with van der Waals surface area (Å²) >= 11 is 0. The minimum Gasteiger partial charge on any atom is -0.398 e. The van der Waals surface area contributed by atoms with Crippen LogP contribution >= 0.6 is 0 Å². The summed E-state index contributed by atoms with van der Waals surface area (Å²) in [6, 6.07) is 3.82. The number of anilines is 1. The van der Waals surface area contributed by atoms with Crippen LogP contribution in [-0.2, 0) is 10.0 Å². The molecule has 0 amide bonds. The monoisotopic (exact) mass is 299 g/mol. The summed E-state index contributed by atoms with van der Waals surface area (Å²) in [5.74, 6) is 0. The zero-order valence-corrected chi connectivity index (χ0v) is 13.7. The first-order valence-electron chi connectivity index (χ1n) is 6.71. The molecule has 5 nitrogen and oxygen atoms in total. The van der Waals surface area contributed by atoms with Crippen LogP contribution in [0.2, 0.25) is 0 Å². The Kier molecular flexibility index (Phi) is 5.56. The Balaban J connectivity index is 2.85. The number of benzene rings is 1. The highest BCUT2D eigenvalue weighted by atomic mass is 32.2. The molecule has 0 unspecified atom stereocenters. The zero-order chi connectivity index (χ0) is 15.5. The van der Waals surface area contributed by atoms with Crippen LogP contribution in [0.25, 0.3) is 0 Å². The summed E-state index contributed by atoms with van der Waals surface area (Å²) in [6.45, 7) is 8.74. The third-order valence-electron chi connectivity index (χ3n) is 3.47. The van der Waals surface area contributed by atoms with E-state index in [1.807, 2.05) is 14.0 Å². The molecule has 1 aromatic carbocycles. The third kappa shape index (κ3) is 4.19. The lowest BCUT2D eigenvalue weighted by Gasteiger charge is -2.21. The average molecular weight is 299 g/mol. The van der Waals surface area contributed by atoms with Gasteiger partial charge in [-0.15, -0.1) is 0 Å². The Hall–Kier alpha value is -1.11. The fourth-order valence-corrected chi connectivity index (χ4v) is 3.20. The molecule has 0 heterocycles. The van der Waals surface area contributed by atoms with E-state index >= 15 is 0 Å². The Bertz CT molecular complexity index is 568. The first kappa shape index (κ1) is 16.9. The Morgan fingerprint density at radius 3 is 2.45 bits per heavy atom. The van der Waals surface area contributed by atoms with Crippen molar-refractivity contribution in [3.05, 3.63) is 23.3 Å². The number of aryl methyl sites for hydroxylation is 1. The lowest BCUT2D eigenvalue weighted by molar-refractivity contribution is 0.278. The van der Waals surface area contributed by atoms with Gasteiger partial charge in [0.25, 0.3) is 0 Å². The second kappa shape index (κ2) is 6.56. The molecule has 1 rings (SSSR count). The second-order valence-corrected chi connectivity index (χ2v) is 7.18. The third-order valence-corrected chi connectivity index (χ3v) is 5.06. The van der Waals surface area contributed by atoms with E-state index in [0.29, 0.717) is 30.4 Å². The normalized spacial score (nSPS) is 12.3. The van der Waals surface area contributed by atoms with E-state index in [1.54, 1.807) is 19.1 Å². The van der Waals surface area contributed by atoms with E-state index in [-0.39, 0.29) is 4.90 Å². The van der Waals surface area contributed by atoms with Crippen LogP contribution in [0.4, 0.5) is 5.69 Å². The van der Waals surface area contributed by atoms with Gasteiger partial charge in [-0.1, -0.05) is 0 Å². The highest BCUT2D eigenvalue weighted by Crippen LogP contribution is 2.22. The summed E-state index contributed by atoms with van der Waals surface area (Å²) in [7, 11) is -1.55. The molecule has 0 aliphatic carbocycles. The molecule has 0 saturated carbocycles. The Morgan fingerprint density at radius 1 is 1.30 bits per heavy atom. The molecule has 6 heteroatoms. The molecule has 0 fully saturated rings. The van der Waals surface area contributed by atoms with Crippen molar-refractivity contribution in [2.75, 3.05) is 25.9 Å². The van der Waals surface area contributed by atoms with Gasteiger partial charge >= 0.3 is 0 Å². The van der Waals surface area contributed by atoms with E-state index in [9.17, 15) is 8.42 Å². The van der Waals surface area contributed by atoms with Gasteiger partial charge in [0.15, 0.2) is 0 Å². The molecule has 0 spiro atoms. The lowest BCUT2D eigenvalue weighted by Crippen LogP contribution is -2.36. The largest absolute Gasteiger partial charge is 0.398 e. The molecule has 3 N–H and O–H groups in total. The van der Waals surface area contributed by atoms with Crippen molar-refractivity contribution in [1.29, 1.82) is 0 Å². The summed E-state index contributed by atoms with van der Waals surface area (Å²) in [5.41, 5.74) is 7.78. The lowest BCUT2D eigenvalue weighted by atomic mass is 10.1. The number of rotatable bonds is 6. The van der Waals surface area contributed by atoms with Crippen molar-refractivity contribution in [3.8, 4) is 0 Å². The molecule has 0 aliphatic heterocycles. The maximum absolute atomic E-state index is 12.3. The molecule has 0 aliphatic rings. The van der Waals surface area contributed by atoms with E-state index in [2.05, 4.69) is 23.5 Å². The van der Waals surface area contributed by atoms with Crippen molar-refractivity contribution in [2.24, 2.45) is 0 Å². The fraction of sp³-hybridized carbons (Fsp3) is 0.571. The van der Waals surface area contributed by atoms with Crippen LogP contribution in [0.5, 0.6) is 0 Å². The van der Waals surface area contributed by atoms with Gasteiger partial charge in [-0.05, 0) is 58.0 Å². The maximum Gasteiger partial charge on any atom is 0.240 e. The smallest absolute Gasteiger partial charge is 0.240 e. The maximum atomic E-state index is 12.3. The molecule has 0 aromatic heterocycles. The van der Waals surface area contributed by atoms with E-state index in [1.165, 1.54) is 0 Å². The highest BCUT2D eigenvalue weighted by Gasteiger charge is 2.18. The van der Waals surface area contributed by atoms with Crippen molar-refractivity contribution in [1.82, 2.24) is 9.62 Å². The second-order valence-electron chi connectivity index (χ2n) is 5.45. The average Bonchev–Trinajstić information content (AvgIpc) is 2.33. The fourth-order valence-electron chi connectivity index (χ4n) is 1.82. The van der Waals surface area contributed by atoms with E-state index < -0.39 is 10.0 Å². The molecule has 0 atom stereocenters. The number of nitrogens with zero attached hydrogens (tertiary/aromatic N) is 1. The van der Waals surface area contributed by atoms with Crippen LogP contribution in [0.3, 0.4) is 0 Å². The van der Waals surface area contributed by atoms with Gasteiger partial charge in [-0.3, -0.25) is 0 Å². The van der Waals surface area contributed by atoms with Crippen LogP contribution in [0, 0.1) is 13.8 Å². The van der Waals surface area contributed by atoms with Gasteiger partial charge in [-0.25, -0.2) is 13.1 Å². The van der Waals surface area contributed by atoms with Crippen molar-refractivity contribution in [2.45, 2.75) is 38.6 Å². The van der Waals surface area contributed by atoms with Crippen LogP contribution in [-0.4, -0.2) is 39.5 Å². The number of sulfonamides is 1. The Labute approximate surface area is 122 Å². The number of hydrogen-bond donors (Lipinski definition) is 2. The SMILES string of the molecule is Cc1cc(N)c(C)c(S(=O)(=O)NCCN(C)C(C)C)c1. The molecule has 114 valence electrons. The quantitative estimate of drug-likeness (QED) is 0.781. The minimum atomic E-state index is -3.51. The van der Waals surface area contributed by atoms with Gasteiger partial charge in [-0.2, -0.15) is 0 Å². The summed E-state index contributed by atoms with van der Waals surface area (Å²) < 4.78 is 27.3. The number of nitrogen functional groups attached to an aromatic ring is 1. The van der Waals surface area contributed by atoms with Crippen molar-refractivity contribution >= 4 is 15.7 Å². The first-order valence-corrected chi connectivity index (χ1v) is 8.20. The standard InChI is InChI=1S/C14H25N3O2S/c1-10(2)17(5)7-6-16-20(18,19)14-9-11(3)8-13(15)12(14)4/h8-10,16H,6-7,15H2,1-5H3. The predicted octanol–water partition coefficient (Wildman–Crippen LogP) is 1.50. The van der Waals surface area contributed by atoms with E-state index in [4.69, 9.17) is 5.73 Å². The number of hydrogen-bond acceptors (Lipinski definition) is 4. The topological polar surface area (TPSA) is 75.4 Å². The molecule has 20 heavy (non-hydrogen) atoms. The number of nitrogens with one attached hydrogen (secondary N) is 1. The molecule has 0 saturated heterocycles. The molecule has 0 bridgehead atoms. The summed E-state index contributed by atoms with van der Waals surface area (Å²) in [6.07, 6.45) is 0. The number of nitrogens with two attached hydrogens (primary N) is 1. The van der Waals surface area contributed by atoms with Crippen LogP contribution in [0.1, 0.15) is 25.0 Å². The van der Waals surface area contributed by atoms with Gasteiger partial charge < -0.3 is 10.6 Å². The molecular weight excluding hydrogens is 274 g/mol. The molecular formula is C14H25N3O2S. The summed E-state index contributed by atoms with van der Waals surface area (Å²) in [5, 5.41) is 0. The van der Waals surface area contributed by atoms with Crippen molar-refractivity contribution < 1.29 is 8.42 Å². The van der Waals surface area contributed by atoms with Gasteiger partial charge in [0.05, 0.1) is 4.90 Å². The molecule has 0 radical (unpaired) electrons. The first-order chi connectivity index (χ1) is 9.15. The number of likely N-dealkylation sites (N-methyl/N-ethyl adjacent to an activating group) is 1. The molecule has 1 aromatic rings. The van der Waals surface area contributed by atoms with Gasteiger partial charge in [0.2, 0.25) is 10.0 Å². The van der Waals surface area contributed by atoms with Crippen molar-refractivity contribution in [3.63, 3.8) is 0 Å². The zero-order valence-electron chi connectivity index (χ0n) is 12.9. The van der Waals surface area contributed by atoms with Gasteiger partial charge in [0.1, 0.15) is 0 Å². The van der Waals surface area contributed by atoms with E-state index in [0.717, 1.165) is 5.56 Å². The predicted molar refractivity (Wildman–Crippen MR) is 83.3 cm³/mol. The summed E-state index contributed by atoms with van der Waals surface area (Å²) in [4.78, 5) is 2.35. The Morgan fingerprint density at radius 2 is 1.90 bits per heavy atom. The van der Waals surface area contributed by atoms with Crippen LogP contribution in [0.15, 0.2) is 17.0 Å². The highest BCUT2D eigenvalue weighted by molar-refractivity contribution is 7.89. The minimum absolute atomic E-state index is 0.266. The van der Waals surface area contributed by atoms with Gasteiger partial charge in [0, 0.05) is 24.8 Å².